The molecule has 0 saturated heterocycles. The first-order valence-electron chi connectivity index (χ1n) is 6.54. The van der Waals surface area contributed by atoms with E-state index in [0.29, 0.717) is 11.4 Å². The zero-order valence-electron chi connectivity index (χ0n) is 11.4. The van der Waals surface area contributed by atoms with Gasteiger partial charge in [-0.1, -0.05) is 6.07 Å². The second-order valence-corrected chi connectivity index (χ2v) is 4.76. The number of amides is 2. The molecule has 1 aliphatic rings. The number of carbonyl (C=O) groups excluding carboxylic acids is 2. The topological polar surface area (TPSA) is 80.6 Å². The van der Waals surface area contributed by atoms with Gasteiger partial charge in [-0.15, -0.1) is 0 Å². The molecule has 1 atom stereocenters. The number of anilines is 1. The van der Waals surface area contributed by atoms with Crippen LogP contribution in [0.4, 0.5) is 5.69 Å². The molecule has 21 heavy (non-hydrogen) atoms. The van der Waals surface area contributed by atoms with Crippen molar-refractivity contribution in [3.8, 4) is 5.75 Å². The molecule has 0 spiro atoms. The smallest absolute Gasteiger partial charge is 0.287 e. The van der Waals surface area contributed by atoms with Crippen molar-refractivity contribution in [3.05, 3.63) is 47.9 Å². The fourth-order valence-electron chi connectivity index (χ4n) is 2.13. The van der Waals surface area contributed by atoms with Crippen molar-refractivity contribution in [1.29, 1.82) is 0 Å². The molecule has 0 aliphatic carbocycles. The Hall–Kier alpha value is -2.76. The maximum absolute atomic E-state index is 11.9. The fraction of sp³-hybridized carbons (Fsp3) is 0.200. The molecule has 0 saturated carbocycles. The van der Waals surface area contributed by atoms with Crippen LogP contribution in [0.1, 0.15) is 29.1 Å². The zero-order valence-corrected chi connectivity index (χ0v) is 11.4. The van der Waals surface area contributed by atoms with Crippen LogP contribution in [-0.2, 0) is 4.79 Å². The molecule has 1 aromatic carbocycles. The van der Waals surface area contributed by atoms with E-state index in [1.807, 2.05) is 13.0 Å². The molecular weight excluding hydrogens is 272 g/mol. The van der Waals surface area contributed by atoms with Crippen molar-refractivity contribution in [1.82, 2.24) is 5.32 Å². The monoisotopic (exact) mass is 286 g/mol. The first-order chi connectivity index (χ1) is 10.1. The number of benzene rings is 1. The summed E-state index contributed by atoms with van der Waals surface area (Å²) in [5, 5.41) is 5.57. The van der Waals surface area contributed by atoms with E-state index >= 15 is 0 Å². The van der Waals surface area contributed by atoms with E-state index < -0.39 is 0 Å². The summed E-state index contributed by atoms with van der Waals surface area (Å²) in [5.74, 6) is 0.414. The normalized spacial score (nSPS) is 14.6. The predicted molar refractivity (Wildman–Crippen MR) is 75.2 cm³/mol. The van der Waals surface area contributed by atoms with Gasteiger partial charge >= 0.3 is 0 Å². The lowest BCUT2D eigenvalue weighted by Gasteiger charge is -2.20. The summed E-state index contributed by atoms with van der Waals surface area (Å²) >= 11 is 0. The van der Waals surface area contributed by atoms with Gasteiger partial charge in [0.25, 0.3) is 11.8 Å². The van der Waals surface area contributed by atoms with E-state index in [1.165, 1.54) is 6.26 Å². The van der Waals surface area contributed by atoms with Crippen LogP contribution in [0.15, 0.2) is 41.0 Å². The van der Waals surface area contributed by atoms with Crippen molar-refractivity contribution >= 4 is 17.5 Å². The van der Waals surface area contributed by atoms with Crippen LogP contribution in [-0.4, -0.2) is 18.4 Å². The molecule has 3 rings (SSSR count). The summed E-state index contributed by atoms with van der Waals surface area (Å²) in [4.78, 5) is 23.3. The lowest BCUT2D eigenvalue weighted by atomic mass is 10.1. The molecule has 1 aliphatic heterocycles. The SMILES string of the molecule is C[C@H](NC(=O)c1ccco1)c1ccc2c(c1)NC(=O)CO2. The standard InChI is InChI=1S/C15H14N2O4/c1-9(16-15(19)13-3-2-6-20-13)10-4-5-12-11(7-10)17-14(18)8-21-12/h2-7,9H,8H2,1H3,(H,16,19)(H,17,18)/t9-/m0/s1. The molecule has 6 heteroatoms. The summed E-state index contributed by atoms with van der Waals surface area (Å²) < 4.78 is 10.3. The fourth-order valence-corrected chi connectivity index (χ4v) is 2.13. The van der Waals surface area contributed by atoms with Crippen LogP contribution in [0.2, 0.25) is 0 Å². The Balaban J connectivity index is 1.76. The molecule has 2 aromatic rings. The summed E-state index contributed by atoms with van der Waals surface area (Å²) in [7, 11) is 0. The second kappa shape index (κ2) is 5.32. The molecule has 1 aromatic heterocycles. The van der Waals surface area contributed by atoms with Crippen molar-refractivity contribution in [2.24, 2.45) is 0 Å². The van der Waals surface area contributed by atoms with Gasteiger partial charge in [0.15, 0.2) is 12.4 Å². The van der Waals surface area contributed by atoms with Gasteiger partial charge in [0.1, 0.15) is 5.75 Å². The predicted octanol–water partition coefficient (Wildman–Crippen LogP) is 2.10. The summed E-state index contributed by atoms with van der Waals surface area (Å²) in [6, 6.07) is 8.45. The Morgan fingerprint density at radius 3 is 3.00 bits per heavy atom. The van der Waals surface area contributed by atoms with Gasteiger partial charge in [-0.25, -0.2) is 0 Å². The van der Waals surface area contributed by atoms with Crippen LogP contribution in [0.3, 0.4) is 0 Å². The number of hydrogen-bond donors (Lipinski definition) is 2. The highest BCUT2D eigenvalue weighted by Gasteiger charge is 2.19. The number of nitrogens with one attached hydrogen (secondary N) is 2. The molecular formula is C15H14N2O4. The van der Waals surface area contributed by atoms with Gasteiger partial charge < -0.3 is 19.8 Å². The number of ether oxygens (including phenoxy) is 1. The van der Waals surface area contributed by atoms with Crippen LogP contribution >= 0.6 is 0 Å². The van der Waals surface area contributed by atoms with E-state index in [1.54, 1.807) is 24.3 Å². The van der Waals surface area contributed by atoms with Gasteiger partial charge in [0, 0.05) is 0 Å². The molecule has 0 unspecified atom stereocenters. The summed E-state index contributed by atoms with van der Waals surface area (Å²) in [6.07, 6.45) is 1.45. The molecule has 2 amide bonds. The van der Waals surface area contributed by atoms with E-state index in [-0.39, 0.29) is 30.2 Å². The van der Waals surface area contributed by atoms with Gasteiger partial charge in [-0.3, -0.25) is 9.59 Å². The second-order valence-electron chi connectivity index (χ2n) is 4.76. The van der Waals surface area contributed by atoms with Crippen molar-refractivity contribution in [3.63, 3.8) is 0 Å². The van der Waals surface area contributed by atoms with Gasteiger partial charge in [0.2, 0.25) is 0 Å². The highest BCUT2D eigenvalue weighted by molar-refractivity contribution is 5.95. The van der Waals surface area contributed by atoms with Crippen molar-refractivity contribution in [2.45, 2.75) is 13.0 Å². The molecule has 6 nitrogen and oxygen atoms in total. The summed E-state index contributed by atoms with van der Waals surface area (Å²) in [6.45, 7) is 1.88. The molecule has 2 N–H and O–H groups in total. The third-order valence-electron chi connectivity index (χ3n) is 3.23. The average molecular weight is 286 g/mol. The molecule has 0 radical (unpaired) electrons. The number of fused-ring (bicyclic) bond motifs is 1. The van der Waals surface area contributed by atoms with Gasteiger partial charge in [0.05, 0.1) is 18.0 Å². The maximum atomic E-state index is 11.9. The zero-order chi connectivity index (χ0) is 14.8. The van der Waals surface area contributed by atoms with Crippen molar-refractivity contribution in [2.75, 3.05) is 11.9 Å². The Morgan fingerprint density at radius 2 is 2.24 bits per heavy atom. The molecule has 0 bridgehead atoms. The van der Waals surface area contributed by atoms with Crippen LogP contribution < -0.4 is 15.4 Å². The Kier molecular flexibility index (Phi) is 3.35. The molecule has 2 heterocycles. The first kappa shape index (κ1) is 13.2. The van der Waals surface area contributed by atoms with Crippen LogP contribution in [0, 0.1) is 0 Å². The quantitative estimate of drug-likeness (QED) is 0.905. The third-order valence-corrected chi connectivity index (χ3v) is 3.23. The highest BCUT2D eigenvalue weighted by Crippen LogP contribution is 2.30. The first-order valence-corrected chi connectivity index (χ1v) is 6.54. The van der Waals surface area contributed by atoms with Gasteiger partial charge in [-0.2, -0.15) is 0 Å². The van der Waals surface area contributed by atoms with E-state index in [2.05, 4.69) is 10.6 Å². The van der Waals surface area contributed by atoms with Crippen LogP contribution in [0.5, 0.6) is 5.75 Å². The van der Waals surface area contributed by atoms with Crippen molar-refractivity contribution < 1.29 is 18.7 Å². The minimum Gasteiger partial charge on any atom is -0.482 e. The molecule has 0 fully saturated rings. The number of hydrogen-bond acceptors (Lipinski definition) is 4. The third kappa shape index (κ3) is 2.74. The van der Waals surface area contributed by atoms with E-state index in [4.69, 9.17) is 9.15 Å². The summed E-state index contributed by atoms with van der Waals surface area (Å²) in [5.41, 5.74) is 1.47. The van der Waals surface area contributed by atoms with Gasteiger partial charge in [-0.05, 0) is 36.8 Å². The Bertz CT molecular complexity index is 679. The average Bonchev–Trinajstić information content (AvgIpc) is 3.00. The lowest BCUT2D eigenvalue weighted by Crippen LogP contribution is -2.27. The minimum absolute atomic E-state index is 0.0249. The highest BCUT2D eigenvalue weighted by atomic mass is 16.5. The maximum Gasteiger partial charge on any atom is 0.287 e. The van der Waals surface area contributed by atoms with E-state index in [9.17, 15) is 9.59 Å². The van der Waals surface area contributed by atoms with E-state index in [0.717, 1.165) is 5.56 Å². The number of furan rings is 1. The minimum atomic E-state index is -0.287. The Morgan fingerprint density at radius 1 is 1.38 bits per heavy atom. The Labute approximate surface area is 121 Å². The lowest BCUT2D eigenvalue weighted by molar-refractivity contribution is -0.118. The van der Waals surface area contributed by atoms with Crippen LogP contribution in [0.25, 0.3) is 0 Å². The largest absolute Gasteiger partial charge is 0.482 e. The number of rotatable bonds is 3. The molecule has 108 valence electrons. The number of carbonyl (C=O) groups is 2.